The summed E-state index contributed by atoms with van der Waals surface area (Å²) in [6, 6.07) is 4.50. The fourth-order valence-corrected chi connectivity index (χ4v) is 2.63. The molecule has 0 N–H and O–H groups in total. The summed E-state index contributed by atoms with van der Waals surface area (Å²) < 4.78 is 2.05. The standard InChI is InChI=1S/C13H14N4/c1-9-12-6-10(7-14)8-15-13(12)17(16-9)11-4-2-3-5-11/h6,8,11H,2-5H2,1H3. The van der Waals surface area contributed by atoms with Crippen molar-refractivity contribution in [3.8, 4) is 6.07 Å². The van der Waals surface area contributed by atoms with Gasteiger partial charge in [0.15, 0.2) is 5.65 Å². The molecule has 0 aromatic carbocycles. The van der Waals surface area contributed by atoms with E-state index < -0.39 is 0 Å². The van der Waals surface area contributed by atoms with E-state index in [2.05, 4.69) is 20.8 Å². The number of aryl methyl sites for hydroxylation is 1. The highest BCUT2D eigenvalue weighted by Crippen LogP contribution is 2.32. The van der Waals surface area contributed by atoms with E-state index in [1.54, 1.807) is 6.20 Å². The zero-order valence-electron chi connectivity index (χ0n) is 9.85. The van der Waals surface area contributed by atoms with Crippen molar-refractivity contribution in [2.24, 2.45) is 0 Å². The van der Waals surface area contributed by atoms with Crippen LogP contribution in [0.25, 0.3) is 11.0 Å². The van der Waals surface area contributed by atoms with E-state index in [1.807, 2.05) is 13.0 Å². The maximum Gasteiger partial charge on any atom is 0.158 e. The maximum atomic E-state index is 8.89. The second kappa shape index (κ2) is 3.85. The molecule has 2 heterocycles. The summed E-state index contributed by atoms with van der Waals surface area (Å²) in [5, 5.41) is 14.5. The van der Waals surface area contributed by atoms with Gasteiger partial charge in [-0.1, -0.05) is 12.8 Å². The summed E-state index contributed by atoms with van der Waals surface area (Å²) >= 11 is 0. The Morgan fingerprint density at radius 3 is 2.88 bits per heavy atom. The van der Waals surface area contributed by atoms with Crippen molar-refractivity contribution in [1.29, 1.82) is 5.26 Å². The van der Waals surface area contributed by atoms with Gasteiger partial charge < -0.3 is 0 Å². The number of aromatic nitrogens is 3. The Kier molecular flexibility index (Phi) is 2.32. The molecule has 3 rings (SSSR count). The second-order valence-electron chi connectivity index (χ2n) is 4.68. The van der Waals surface area contributed by atoms with Gasteiger partial charge >= 0.3 is 0 Å². The van der Waals surface area contributed by atoms with Crippen LogP contribution in [-0.2, 0) is 0 Å². The Labute approximate surface area is 99.9 Å². The van der Waals surface area contributed by atoms with Gasteiger partial charge in [-0.05, 0) is 25.8 Å². The normalized spacial score (nSPS) is 16.5. The number of rotatable bonds is 1. The lowest BCUT2D eigenvalue weighted by Gasteiger charge is -2.09. The fourth-order valence-electron chi connectivity index (χ4n) is 2.63. The van der Waals surface area contributed by atoms with E-state index in [0.29, 0.717) is 11.6 Å². The van der Waals surface area contributed by atoms with E-state index in [1.165, 1.54) is 25.7 Å². The third-order valence-electron chi connectivity index (χ3n) is 3.53. The van der Waals surface area contributed by atoms with Gasteiger partial charge in [0.1, 0.15) is 6.07 Å². The molecule has 0 radical (unpaired) electrons. The summed E-state index contributed by atoms with van der Waals surface area (Å²) in [7, 11) is 0. The van der Waals surface area contributed by atoms with Gasteiger partial charge in [-0.3, -0.25) is 0 Å². The highest BCUT2D eigenvalue weighted by atomic mass is 15.3. The molecule has 0 amide bonds. The molecule has 1 fully saturated rings. The Bertz CT molecular complexity index is 600. The minimum Gasteiger partial charge on any atom is -0.244 e. The second-order valence-corrected chi connectivity index (χ2v) is 4.68. The van der Waals surface area contributed by atoms with Crippen molar-refractivity contribution in [3.05, 3.63) is 23.5 Å². The van der Waals surface area contributed by atoms with Crippen LogP contribution in [0.15, 0.2) is 12.3 Å². The van der Waals surface area contributed by atoms with Crippen LogP contribution in [0.5, 0.6) is 0 Å². The first-order valence-corrected chi connectivity index (χ1v) is 6.04. The zero-order chi connectivity index (χ0) is 11.8. The van der Waals surface area contributed by atoms with Gasteiger partial charge in [-0.25, -0.2) is 9.67 Å². The van der Waals surface area contributed by atoms with Crippen LogP contribution in [0.3, 0.4) is 0 Å². The fraction of sp³-hybridized carbons (Fsp3) is 0.462. The molecule has 86 valence electrons. The smallest absolute Gasteiger partial charge is 0.158 e. The molecule has 0 aliphatic heterocycles. The molecule has 1 aliphatic rings. The van der Waals surface area contributed by atoms with Crippen LogP contribution in [0.1, 0.15) is 43.0 Å². The number of pyridine rings is 1. The average molecular weight is 226 g/mol. The van der Waals surface area contributed by atoms with Crippen molar-refractivity contribution in [1.82, 2.24) is 14.8 Å². The monoisotopic (exact) mass is 226 g/mol. The van der Waals surface area contributed by atoms with Crippen LogP contribution in [-0.4, -0.2) is 14.8 Å². The molecule has 1 aliphatic carbocycles. The minimum atomic E-state index is 0.492. The number of nitriles is 1. The van der Waals surface area contributed by atoms with E-state index in [9.17, 15) is 0 Å². The van der Waals surface area contributed by atoms with Gasteiger partial charge in [0.05, 0.1) is 17.3 Å². The van der Waals surface area contributed by atoms with Gasteiger partial charge in [0.25, 0.3) is 0 Å². The molecular weight excluding hydrogens is 212 g/mol. The number of fused-ring (bicyclic) bond motifs is 1. The van der Waals surface area contributed by atoms with Crippen molar-refractivity contribution >= 4 is 11.0 Å². The molecule has 2 aromatic heterocycles. The summed E-state index contributed by atoms with van der Waals surface area (Å²) in [5.41, 5.74) is 2.50. The summed E-state index contributed by atoms with van der Waals surface area (Å²) in [6.45, 7) is 1.98. The minimum absolute atomic E-state index is 0.492. The first-order valence-electron chi connectivity index (χ1n) is 6.04. The van der Waals surface area contributed by atoms with Crippen LogP contribution >= 0.6 is 0 Å². The van der Waals surface area contributed by atoms with Gasteiger partial charge in [-0.15, -0.1) is 0 Å². The molecule has 0 saturated heterocycles. The average Bonchev–Trinajstić information content (AvgIpc) is 2.97. The van der Waals surface area contributed by atoms with Gasteiger partial charge in [0.2, 0.25) is 0 Å². The lowest BCUT2D eigenvalue weighted by Crippen LogP contribution is -2.07. The number of hydrogen-bond donors (Lipinski definition) is 0. The van der Waals surface area contributed by atoms with Crippen molar-refractivity contribution < 1.29 is 0 Å². The Morgan fingerprint density at radius 1 is 1.41 bits per heavy atom. The van der Waals surface area contributed by atoms with Crippen LogP contribution < -0.4 is 0 Å². The summed E-state index contributed by atoms with van der Waals surface area (Å²) in [6.07, 6.45) is 6.58. The van der Waals surface area contributed by atoms with Crippen molar-refractivity contribution in [2.75, 3.05) is 0 Å². The molecule has 0 bridgehead atoms. The molecule has 0 atom stereocenters. The molecule has 17 heavy (non-hydrogen) atoms. The summed E-state index contributed by atoms with van der Waals surface area (Å²) in [5.74, 6) is 0. The lowest BCUT2D eigenvalue weighted by atomic mass is 10.2. The molecule has 0 unspecified atom stereocenters. The van der Waals surface area contributed by atoms with Gasteiger partial charge in [0, 0.05) is 11.6 Å². The molecule has 1 saturated carbocycles. The molecule has 4 nitrogen and oxygen atoms in total. The lowest BCUT2D eigenvalue weighted by molar-refractivity contribution is 0.476. The highest BCUT2D eigenvalue weighted by Gasteiger charge is 2.21. The third-order valence-corrected chi connectivity index (χ3v) is 3.53. The predicted molar refractivity (Wildman–Crippen MR) is 64.5 cm³/mol. The summed E-state index contributed by atoms with van der Waals surface area (Å²) in [4.78, 5) is 4.40. The van der Waals surface area contributed by atoms with Crippen LogP contribution in [0.4, 0.5) is 0 Å². The van der Waals surface area contributed by atoms with Crippen LogP contribution in [0, 0.1) is 18.3 Å². The van der Waals surface area contributed by atoms with E-state index >= 15 is 0 Å². The number of hydrogen-bond acceptors (Lipinski definition) is 3. The Morgan fingerprint density at radius 2 is 2.18 bits per heavy atom. The molecular formula is C13H14N4. The first kappa shape index (κ1) is 10.3. The quantitative estimate of drug-likeness (QED) is 0.751. The first-order chi connectivity index (χ1) is 8.29. The molecule has 2 aromatic rings. The van der Waals surface area contributed by atoms with Crippen LogP contribution in [0.2, 0.25) is 0 Å². The Hall–Kier alpha value is -1.89. The topological polar surface area (TPSA) is 54.5 Å². The SMILES string of the molecule is Cc1nn(C2CCCC2)c2ncc(C#N)cc12. The highest BCUT2D eigenvalue weighted by molar-refractivity contribution is 5.79. The van der Waals surface area contributed by atoms with Crippen molar-refractivity contribution in [2.45, 2.75) is 38.6 Å². The predicted octanol–water partition coefficient (Wildman–Crippen LogP) is 2.73. The molecule has 4 heteroatoms. The third kappa shape index (κ3) is 1.59. The van der Waals surface area contributed by atoms with E-state index in [-0.39, 0.29) is 0 Å². The molecule has 0 spiro atoms. The van der Waals surface area contributed by atoms with Gasteiger partial charge in [-0.2, -0.15) is 10.4 Å². The largest absolute Gasteiger partial charge is 0.244 e. The van der Waals surface area contributed by atoms with E-state index in [0.717, 1.165) is 16.7 Å². The van der Waals surface area contributed by atoms with Crippen molar-refractivity contribution in [3.63, 3.8) is 0 Å². The maximum absolute atomic E-state index is 8.89. The number of nitrogens with zero attached hydrogens (tertiary/aromatic N) is 4. The Balaban J connectivity index is 2.17. The zero-order valence-corrected chi connectivity index (χ0v) is 9.85. The van der Waals surface area contributed by atoms with E-state index in [4.69, 9.17) is 5.26 Å².